The fourth-order valence-corrected chi connectivity index (χ4v) is 16.9. The van der Waals surface area contributed by atoms with E-state index in [1.54, 1.807) is 50.3 Å². The van der Waals surface area contributed by atoms with Crippen molar-refractivity contribution in [2.24, 2.45) is 0 Å². The van der Waals surface area contributed by atoms with Crippen LogP contribution in [0.25, 0.3) is 0 Å². The first-order valence-corrected chi connectivity index (χ1v) is 36.6. The highest BCUT2D eigenvalue weighted by Crippen LogP contribution is 2.61. The van der Waals surface area contributed by atoms with E-state index >= 15 is 0 Å². The molecule has 0 spiro atoms. The van der Waals surface area contributed by atoms with Crippen molar-refractivity contribution in [2.75, 3.05) is 24.6 Å². The van der Waals surface area contributed by atoms with Gasteiger partial charge in [0.2, 0.25) is 0 Å². The van der Waals surface area contributed by atoms with E-state index in [0.29, 0.717) is 0 Å². The van der Waals surface area contributed by atoms with E-state index in [9.17, 15) is 0 Å². The van der Waals surface area contributed by atoms with Gasteiger partial charge >= 0.3 is 0 Å². The van der Waals surface area contributed by atoms with E-state index in [1.807, 2.05) is 0 Å². The molecule has 69 heavy (non-hydrogen) atoms. The molecule has 0 rings (SSSR count). The predicted molar refractivity (Wildman–Crippen MR) is 326 cm³/mol. The molecule has 0 atom stereocenters. The van der Waals surface area contributed by atoms with Gasteiger partial charge in [-0.1, -0.05) is 362 Å². The molecule has 0 nitrogen and oxygen atoms in total. The smallest absolute Gasteiger partial charge is 0.0594 e. The van der Waals surface area contributed by atoms with E-state index in [4.69, 9.17) is 0 Å². The molecule has 0 heterocycles. The van der Waals surface area contributed by atoms with Crippen molar-refractivity contribution in [2.45, 2.75) is 413 Å². The average Bonchev–Trinajstić information content (AvgIpc) is 3.36. The number of hydrogen-bond acceptors (Lipinski definition) is 0. The molecule has 0 aliphatic carbocycles. The van der Waals surface area contributed by atoms with Crippen LogP contribution >= 0.6 is 7.26 Å². The molecule has 0 bridgehead atoms. The van der Waals surface area contributed by atoms with Gasteiger partial charge in [-0.2, -0.15) is 0 Å². The second-order valence-electron chi connectivity index (χ2n) is 24.0. The first-order valence-electron chi connectivity index (χ1n) is 34.1. The van der Waals surface area contributed by atoms with Crippen LogP contribution in [0.1, 0.15) is 413 Å². The second-order valence-corrected chi connectivity index (χ2v) is 28.5. The van der Waals surface area contributed by atoms with Crippen molar-refractivity contribution < 1.29 is 0 Å². The molecule has 0 N–H and O–H groups in total. The van der Waals surface area contributed by atoms with Crippen molar-refractivity contribution in [3.05, 3.63) is 0 Å². The molecular formula is C68H140P+. The zero-order valence-corrected chi connectivity index (χ0v) is 50.6. The number of rotatable bonds is 64. The third-order valence-corrected chi connectivity index (χ3v) is 22.0. The summed E-state index contributed by atoms with van der Waals surface area (Å²) in [6.07, 6.45) is 96.3. The summed E-state index contributed by atoms with van der Waals surface area (Å²) < 4.78 is 0. The van der Waals surface area contributed by atoms with Crippen molar-refractivity contribution in [3.63, 3.8) is 0 Å². The topological polar surface area (TPSA) is 0 Å². The lowest BCUT2D eigenvalue weighted by Gasteiger charge is -2.28. The Bertz CT molecular complexity index is 775. The van der Waals surface area contributed by atoms with Crippen molar-refractivity contribution >= 4 is 7.26 Å². The van der Waals surface area contributed by atoms with E-state index in [2.05, 4.69) is 27.7 Å². The Morgan fingerprint density at radius 3 is 0.304 bits per heavy atom. The minimum atomic E-state index is -0.841. The molecule has 0 aromatic carbocycles. The summed E-state index contributed by atoms with van der Waals surface area (Å²) in [7, 11) is -0.841. The zero-order chi connectivity index (χ0) is 49.8. The average molecular weight is 989 g/mol. The van der Waals surface area contributed by atoms with E-state index in [1.165, 1.54) is 360 Å². The third kappa shape index (κ3) is 57.6. The van der Waals surface area contributed by atoms with Gasteiger partial charge in [-0.15, -0.1) is 0 Å². The normalized spacial score (nSPS) is 12.0. The van der Waals surface area contributed by atoms with Crippen molar-refractivity contribution in [1.82, 2.24) is 0 Å². The lowest BCUT2D eigenvalue weighted by atomic mass is 10.0. The van der Waals surface area contributed by atoms with Gasteiger partial charge in [0.25, 0.3) is 0 Å². The molecule has 0 amide bonds. The van der Waals surface area contributed by atoms with Gasteiger partial charge in [-0.3, -0.25) is 0 Å². The largest absolute Gasteiger partial charge is 0.0654 e. The van der Waals surface area contributed by atoms with Crippen LogP contribution in [-0.2, 0) is 0 Å². The lowest BCUT2D eigenvalue weighted by molar-refractivity contribution is 0.530. The van der Waals surface area contributed by atoms with Crippen LogP contribution in [0.3, 0.4) is 0 Å². The van der Waals surface area contributed by atoms with E-state index in [0.717, 1.165) is 0 Å². The fraction of sp³-hybridized carbons (Fsp3) is 1.00. The molecule has 416 valence electrons. The monoisotopic (exact) mass is 988 g/mol. The Morgan fingerprint density at radius 1 is 0.116 bits per heavy atom. The van der Waals surface area contributed by atoms with Gasteiger partial charge in [0, 0.05) is 7.26 Å². The van der Waals surface area contributed by atoms with Gasteiger partial charge < -0.3 is 0 Å². The van der Waals surface area contributed by atoms with Crippen LogP contribution < -0.4 is 0 Å². The lowest BCUT2D eigenvalue weighted by Crippen LogP contribution is -2.13. The molecule has 1 heteroatoms. The standard InChI is InChI=1S/C68H140P/c1-5-9-13-17-21-25-29-33-36-39-42-46-50-54-58-62-66-69(65-61-57-53-49-45-32-28-24-20-16-12-8-4,67-63-59-55-51-47-43-40-37-34-30-26-22-18-14-10-6-2)68-64-60-56-52-48-44-41-38-35-31-27-23-19-15-11-7-3/h5-68H2,1-4H3/q+1. The Labute approximate surface area is 442 Å². The quantitative estimate of drug-likeness (QED) is 0.0421. The maximum absolute atomic E-state index is 2.34. The summed E-state index contributed by atoms with van der Waals surface area (Å²) in [5.41, 5.74) is 0. The van der Waals surface area contributed by atoms with E-state index < -0.39 is 7.26 Å². The first kappa shape index (κ1) is 69.4. The highest BCUT2D eigenvalue weighted by atomic mass is 31.2. The maximum Gasteiger partial charge on any atom is 0.0594 e. The summed E-state index contributed by atoms with van der Waals surface area (Å²) in [6.45, 7) is 9.34. The van der Waals surface area contributed by atoms with Gasteiger partial charge in [0.05, 0.1) is 24.6 Å². The summed E-state index contributed by atoms with van der Waals surface area (Å²) in [5, 5.41) is 0. The highest BCUT2D eigenvalue weighted by Gasteiger charge is 2.35. The molecular weight excluding hydrogens is 848 g/mol. The van der Waals surface area contributed by atoms with Gasteiger partial charge in [0.15, 0.2) is 0 Å². The number of unbranched alkanes of at least 4 members (excludes halogenated alkanes) is 56. The Balaban J connectivity index is 4.92. The third-order valence-electron chi connectivity index (χ3n) is 16.9. The first-order chi connectivity index (χ1) is 34.2. The minimum Gasteiger partial charge on any atom is -0.0654 e. The van der Waals surface area contributed by atoms with Crippen molar-refractivity contribution in [3.8, 4) is 0 Å². The van der Waals surface area contributed by atoms with E-state index in [-0.39, 0.29) is 0 Å². The molecule has 0 fully saturated rings. The van der Waals surface area contributed by atoms with Crippen LogP contribution in [0.15, 0.2) is 0 Å². The zero-order valence-electron chi connectivity index (χ0n) is 49.7. The molecule has 0 aromatic heterocycles. The molecule has 0 saturated carbocycles. The maximum atomic E-state index is 2.34. The second kappa shape index (κ2) is 62.7. The summed E-state index contributed by atoms with van der Waals surface area (Å²) in [4.78, 5) is 0. The van der Waals surface area contributed by atoms with Crippen LogP contribution in [0.4, 0.5) is 0 Å². The SMILES string of the molecule is CCCCCCCCCCCCCCCCCC[P+](CCCCCCCCCCCCCC)(CCCCCCCCCCCCCCCCCC)CCCCCCCCCCCCCCCCCC. The Hall–Kier alpha value is 0.430. The van der Waals surface area contributed by atoms with Crippen LogP contribution in [-0.4, -0.2) is 24.6 Å². The van der Waals surface area contributed by atoms with Crippen molar-refractivity contribution in [1.29, 1.82) is 0 Å². The summed E-state index contributed by atoms with van der Waals surface area (Å²) in [5.74, 6) is 0. The van der Waals surface area contributed by atoms with Crippen LogP contribution in [0.2, 0.25) is 0 Å². The van der Waals surface area contributed by atoms with Gasteiger partial charge in [0.1, 0.15) is 0 Å². The molecule has 0 saturated heterocycles. The number of hydrogen-bond donors (Lipinski definition) is 0. The summed E-state index contributed by atoms with van der Waals surface area (Å²) in [6, 6.07) is 0. The Kier molecular flexibility index (Phi) is 63.1. The van der Waals surface area contributed by atoms with Gasteiger partial charge in [-0.25, -0.2) is 0 Å². The van der Waals surface area contributed by atoms with Crippen LogP contribution in [0, 0.1) is 0 Å². The van der Waals surface area contributed by atoms with Crippen LogP contribution in [0.5, 0.6) is 0 Å². The highest BCUT2D eigenvalue weighted by molar-refractivity contribution is 7.75. The Morgan fingerprint density at radius 2 is 0.203 bits per heavy atom. The molecule has 0 radical (unpaired) electrons. The predicted octanol–water partition coefficient (Wildman–Crippen LogP) is 26.5. The molecule has 0 unspecified atom stereocenters. The van der Waals surface area contributed by atoms with Gasteiger partial charge in [-0.05, 0) is 51.4 Å². The minimum absolute atomic E-state index is 0.841. The molecule has 0 aromatic rings. The summed E-state index contributed by atoms with van der Waals surface area (Å²) >= 11 is 0. The molecule has 0 aliphatic heterocycles. The molecule has 0 aliphatic rings. The fourth-order valence-electron chi connectivity index (χ4n) is 11.9.